The molecule has 17 heavy (non-hydrogen) atoms. The SMILES string of the molecule is CC1(NC2CC(C(F)(F)F)C(Br)CN2)CCC1. The minimum absolute atomic E-state index is 0.0347. The largest absolute Gasteiger partial charge is 0.393 e. The highest BCUT2D eigenvalue weighted by Gasteiger charge is 2.48. The number of piperidine rings is 1. The van der Waals surface area contributed by atoms with Crippen molar-refractivity contribution in [2.45, 2.75) is 55.3 Å². The van der Waals surface area contributed by atoms with Crippen LogP contribution in [-0.2, 0) is 0 Å². The van der Waals surface area contributed by atoms with Crippen molar-refractivity contribution in [2.75, 3.05) is 6.54 Å². The lowest BCUT2D eigenvalue weighted by Crippen LogP contribution is -2.62. The average Bonchev–Trinajstić information content (AvgIpc) is 2.17. The molecule has 2 nitrogen and oxygen atoms in total. The number of nitrogens with one attached hydrogen (secondary N) is 2. The van der Waals surface area contributed by atoms with E-state index < -0.39 is 16.9 Å². The lowest BCUT2D eigenvalue weighted by molar-refractivity contribution is -0.182. The zero-order valence-electron chi connectivity index (χ0n) is 9.78. The van der Waals surface area contributed by atoms with Crippen molar-refractivity contribution in [2.24, 2.45) is 5.92 Å². The first-order valence-corrected chi connectivity index (χ1v) is 6.94. The third kappa shape index (κ3) is 3.15. The molecule has 2 rings (SSSR count). The van der Waals surface area contributed by atoms with Crippen LogP contribution < -0.4 is 10.6 Å². The zero-order valence-corrected chi connectivity index (χ0v) is 11.4. The van der Waals surface area contributed by atoms with Crippen LogP contribution in [0.5, 0.6) is 0 Å². The van der Waals surface area contributed by atoms with Crippen LogP contribution in [0.4, 0.5) is 13.2 Å². The van der Waals surface area contributed by atoms with Gasteiger partial charge < -0.3 is 5.32 Å². The summed E-state index contributed by atoms with van der Waals surface area (Å²) in [5.41, 5.74) is 0.0347. The lowest BCUT2D eigenvalue weighted by Gasteiger charge is -2.45. The minimum atomic E-state index is -4.11. The summed E-state index contributed by atoms with van der Waals surface area (Å²) in [6.07, 6.45) is -0.953. The molecule has 1 saturated carbocycles. The molecule has 0 amide bonds. The molecule has 0 aromatic rings. The summed E-state index contributed by atoms with van der Waals surface area (Å²) in [5, 5.41) is 6.46. The predicted molar refractivity (Wildman–Crippen MR) is 64.1 cm³/mol. The maximum atomic E-state index is 12.8. The van der Waals surface area contributed by atoms with Crippen molar-refractivity contribution >= 4 is 15.9 Å². The Balaban J connectivity index is 1.93. The van der Waals surface area contributed by atoms with Gasteiger partial charge >= 0.3 is 6.18 Å². The van der Waals surface area contributed by atoms with Gasteiger partial charge in [0.15, 0.2) is 0 Å². The van der Waals surface area contributed by atoms with Crippen LogP contribution in [-0.4, -0.2) is 29.3 Å². The van der Waals surface area contributed by atoms with Gasteiger partial charge in [-0.25, -0.2) is 0 Å². The Bertz CT molecular complexity index is 278. The van der Waals surface area contributed by atoms with Gasteiger partial charge in [0.25, 0.3) is 0 Å². The highest BCUT2D eigenvalue weighted by molar-refractivity contribution is 9.09. The Morgan fingerprint density at radius 1 is 1.35 bits per heavy atom. The van der Waals surface area contributed by atoms with Gasteiger partial charge in [-0.15, -0.1) is 0 Å². The van der Waals surface area contributed by atoms with E-state index in [2.05, 4.69) is 33.5 Å². The molecule has 1 saturated heterocycles. The van der Waals surface area contributed by atoms with Crippen molar-refractivity contribution in [1.82, 2.24) is 10.6 Å². The molecular weight excluding hydrogens is 297 g/mol. The van der Waals surface area contributed by atoms with E-state index >= 15 is 0 Å². The monoisotopic (exact) mass is 314 g/mol. The van der Waals surface area contributed by atoms with Crippen LogP contribution in [0.1, 0.15) is 32.6 Å². The van der Waals surface area contributed by atoms with Gasteiger partial charge in [0.1, 0.15) is 0 Å². The summed E-state index contributed by atoms with van der Waals surface area (Å²) in [4.78, 5) is -0.519. The molecule has 100 valence electrons. The van der Waals surface area contributed by atoms with Gasteiger partial charge in [-0.05, 0) is 32.6 Å². The summed E-state index contributed by atoms with van der Waals surface area (Å²) < 4.78 is 38.4. The van der Waals surface area contributed by atoms with E-state index in [9.17, 15) is 13.2 Å². The van der Waals surface area contributed by atoms with E-state index in [1.807, 2.05) is 0 Å². The number of rotatable bonds is 2. The molecule has 2 N–H and O–H groups in total. The molecule has 3 atom stereocenters. The van der Waals surface area contributed by atoms with Gasteiger partial charge in [-0.3, -0.25) is 5.32 Å². The first-order chi connectivity index (χ1) is 7.80. The first kappa shape index (κ1) is 13.6. The van der Waals surface area contributed by atoms with Crippen LogP contribution in [0.25, 0.3) is 0 Å². The Labute approximate surface area is 108 Å². The summed E-state index contributed by atoms with van der Waals surface area (Å²) in [6, 6.07) is 0. The van der Waals surface area contributed by atoms with Crippen molar-refractivity contribution in [1.29, 1.82) is 0 Å². The van der Waals surface area contributed by atoms with Crippen LogP contribution >= 0.6 is 15.9 Å². The van der Waals surface area contributed by atoms with Gasteiger partial charge in [0, 0.05) is 16.9 Å². The van der Waals surface area contributed by atoms with Gasteiger partial charge in [-0.1, -0.05) is 15.9 Å². The molecule has 0 aromatic carbocycles. The highest BCUT2D eigenvalue weighted by Crippen LogP contribution is 2.38. The van der Waals surface area contributed by atoms with Crippen molar-refractivity contribution in [3.63, 3.8) is 0 Å². The Morgan fingerprint density at radius 2 is 2.00 bits per heavy atom. The maximum Gasteiger partial charge on any atom is 0.393 e. The zero-order chi connectivity index (χ0) is 12.7. The number of halogens is 4. The smallest absolute Gasteiger partial charge is 0.301 e. The van der Waals surface area contributed by atoms with Gasteiger partial charge in [-0.2, -0.15) is 13.2 Å². The lowest BCUT2D eigenvalue weighted by atomic mass is 9.78. The predicted octanol–water partition coefficient (Wildman–Crippen LogP) is 2.78. The van der Waals surface area contributed by atoms with E-state index in [1.165, 1.54) is 6.42 Å². The second kappa shape index (κ2) is 4.70. The molecule has 1 aliphatic heterocycles. The molecule has 6 heteroatoms. The first-order valence-electron chi connectivity index (χ1n) is 6.02. The van der Waals surface area contributed by atoms with E-state index in [0.29, 0.717) is 6.54 Å². The fraction of sp³-hybridized carbons (Fsp3) is 1.00. The van der Waals surface area contributed by atoms with Crippen LogP contribution in [0.3, 0.4) is 0 Å². The second-order valence-electron chi connectivity index (χ2n) is 5.42. The Morgan fingerprint density at radius 3 is 2.47 bits per heavy atom. The van der Waals surface area contributed by atoms with Crippen molar-refractivity contribution in [3.8, 4) is 0 Å². The van der Waals surface area contributed by atoms with E-state index in [4.69, 9.17) is 0 Å². The molecule has 0 spiro atoms. The van der Waals surface area contributed by atoms with Gasteiger partial charge in [0.2, 0.25) is 0 Å². The summed E-state index contributed by atoms with van der Waals surface area (Å²) in [6.45, 7) is 2.44. The van der Waals surface area contributed by atoms with E-state index in [-0.39, 0.29) is 18.1 Å². The maximum absolute atomic E-state index is 12.8. The summed E-state index contributed by atoms with van der Waals surface area (Å²) in [5.74, 6) is -1.26. The fourth-order valence-corrected chi connectivity index (χ4v) is 3.31. The molecular formula is C11H18BrF3N2. The van der Waals surface area contributed by atoms with Crippen LogP contribution in [0.15, 0.2) is 0 Å². The molecule has 0 radical (unpaired) electrons. The fourth-order valence-electron chi connectivity index (χ4n) is 2.60. The summed E-state index contributed by atoms with van der Waals surface area (Å²) >= 11 is 3.12. The molecule has 0 bridgehead atoms. The number of alkyl halides is 4. The third-order valence-corrected chi connectivity index (χ3v) is 4.85. The van der Waals surface area contributed by atoms with Crippen molar-refractivity contribution in [3.05, 3.63) is 0 Å². The van der Waals surface area contributed by atoms with Crippen molar-refractivity contribution < 1.29 is 13.2 Å². The third-order valence-electron chi connectivity index (χ3n) is 3.89. The normalized spacial score (nSPS) is 37.6. The molecule has 1 heterocycles. The van der Waals surface area contributed by atoms with Crippen LogP contribution in [0.2, 0.25) is 0 Å². The quantitative estimate of drug-likeness (QED) is 0.766. The molecule has 0 aromatic heterocycles. The highest BCUT2D eigenvalue weighted by atomic mass is 79.9. The Kier molecular flexibility index (Phi) is 3.77. The molecule has 1 aliphatic carbocycles. The van der Waals surface area contributed by atoms with E-state index in [1.54, 1.807) is 0 Å². The average molecular weight is 315 g/mol. The van der Waals surface area contributed by atoms with E-state index in [0.717, 1.165) is 12.8 Å². The number of hydrogen-bond acceptors (Lipinski definition) is 2. The van der Waals surface area contributed by atoms with Gasteiger partial charge in [0.05, 0.1) is 12.1 Å². The molecule has 2 aliphatic rings. The minimum Gasteiger partial charge on any atom is -0.301 e. The number of hydrogen-bond donors (Lipinski definition) is 2. The van der Waals surface area contributed by atoms with Crippen LogP contribution in [0, 0.1) is 5.92 Å². The standard InChI is InChI=1S/C11H18BrF3N2/c1-10(3-2-4-10)17-9-5-7(11(13,14)15)8(12)6-16-9/h7-9,16-17H,2-6H2,1H3. The topological polar surface area (TPSA) is 24.1 Å². The summed E-state index contributed by atoms with van der Waals surface area (Å²) in [7, 11) is 0. The second-order valence-corrected chi connectivity index (χ2v) is 6.60. The Hall–Kier alpha value is 0.190. The molecule has 2 fully saturated rings. The molecule has 3 unspecified atom stereocenters.